The molecule has 7 heteroatoms. The number of benzene rings is 1. The number of rotatable bonds is 4. The van der Waals surface area contributed by atoms with E-state index in [9.17, 15) is 4.79 Å². The van der Waals surface area contributed by atoms with Gasteiger partial charge in [-0.1, -0.05) is 24.3 Å². The van der Waals surface area contributed by atoms with E-state index in [1.54, 1.807) is 4.68 Å². The van der Waals surface area contributed by atoms with Gasteiger partial charge in [-0.25, -0.2) is 9.48 Å². The molecular formula is C19H22N4O3. The van der Waals surface area contributed by atoms with Gasteiger partial charge in [-0.15, -0.1) is 0 Å². The molecule has 0 bridgehead atoms. The fourth-order valence-electron chi connectivity index (χ4n) is 3.56. The van der Waals surface area contributed by atoms with Gasteiger partial charge in [0.15, 0.2) is 0 Å². The third-order valence-corrected chi connectivity index (χ3v) is 4.92. The Morgan fingerprint density at radius 3 is 3.00 bits per heavy atom. The number of ether oxygens (including phenoxy) is 2. The zero-order valence-corrected chi connectivity index (χ0v) is 14.9. The van der Waals surface area contributed by atoms with Gasteiger partial charge in [0.2, 0.25) is 5.95 Å². The topological polar surface area (TPSA) is 78.3 Å². The quantitative estimate of drug-likeness (QED) is 0.851. The van der Waals surface area contributed by atoms with Crippen molar-refractivity contribution >= 4 is 11.9 Å². The maximum Gasteiger partial charge on any atom is 0.338 e. The number of aryl methyl sites for hydroxylation is 1. The zero-order chi connectivity index (χ0) is 18.1. The van der Waals surface area contributed by atoms with E-state index < -0.39 is 0 Å². The monoisotopic (exact) mass is 354 g/mol. The molecule has 2 aliphatic rings. The summed E-state index contributed by atoms with van der Waals surface area (Å²) in [5, 5.41) is 7.49. The van der Waals surface area contributed by atoms with Crippen molar-refractivity contribution in [3.05, 3.63) is 53.0 Å². The molecule has 1 aromatic heterocycles. The van der Waals surface area contributed by atoms with Crippen LogP contribution in [0.4, 0.5) is 5.95 Å². The van der Waals surface area contributed by atoms with Crippen molar-refractivity contribution in [1.29, 1.82) is 0 Å². The molecule has 4 rings (SSSR count). The van der Waals surface area contributed by atoms with Crippen LogP contribution in [-0.4, -0.2) is 40.1 Å². The Kier molecular flexibility index (Phi) is 4.46. The number of aromatic nitrogens is 3. The first-order valence-electron chi connectivity index (χ1n) is 8.86. The fraction of sp³-hybridized carbons (Fsp3) is 0.421. The molecule has 0 aliphatic carbocycles. The predicted molar refractivity (Wildman–Crippen MR) is 95.6 cm³/mol. The van der Waals surface area contributed by atoms with Crippen molar-refractivity contribution < 1.29 is 14.3 Å². The number of fused-ring (bicyclic) bond motifs is 1. The first kappa shape index (κ1) is 16.8. The molecular weight excluding hydrogens is 332 g/mol. The van der Waals surface area contributed by atoms with Crippen LogP contribution in [0.3, 0.4) is 0 Å². The van der Waals surface area contributed by atoms with Gasteiger partial charge >= 0.3 is 5.97 Å². The Balaban J connectivity index is 1.68. The fourth-order valence-corrected chi connectivity index (χ4v) is 3.56. The Bertz CT molecular complexity index is 852. The number of nitrogens with zero attached hydrogens (tertiary/aromatic N) is 3. The van der Waals surface area contributed by atoms with Crippen LogP contribution >= 0.6 is 0 Å². The molecule has 0 unspecified atom stereocenters. The maximum absolute atomic E-state index is 13.0. The summed E-state index contributed by atoms with van der Waals surface area (Å²) in [4.78, 5) is 17.2. The van der Waals surface area contributed by atoms with E-state index in [-0.39, 0.29) is 24.7 Å². The molecule has 7 nitrogen and oxygen atoms in total. The minimum atomic E-state index is -0.369. The molecule has 1 fully saturated rings. The summed E-state index contributed by atoms with van der Waals surface area (Å²) in [6, 6.07) is 7.61. The van der Waals surface area contributed by atoms with E-state index in [1.807, 2.05) is 38.1 Å². The van der Waals surface area contributed by atoms with Crippen LogP contribution in [0.25, 0.3) is 0 Å². The summed E-state index contributed by atoms with van der Waals surface area (Å²) < 4.78 is 12.9. The van der Waals surface area contributed by atoms with Crippen LogP contribution in [0.1, 0.15) is 36.9 Å². The van der Waals surface area contributed by atoms with E-state index in [0.29, 0.717) is 11.5 Å². The number of allylic oxidation sites excluding steroid dienone is 1. The van der Waals surface area contributed by atoms with Crippen molar-refractivity contribution in [2.45, 2.75) is 38.8 Å². The van der Waals surface area contributed by atoms with Crippen molar-refractivity contribution in [1.82, 2.24) is 14.8 Å². The summed E-state index contributed by atoms with van der Waals surface area (Å²) in [6.45, 7) is 4.91. The smallest absolute Gasteiger partial charge is 0.338 e. The van der Waals surface area contributed by atoms with E-state index in [2.05, 4.69) is 15.4 Å². The number of carbonyl (C=O) groups is 1. The van der Waals surface area contributed by atoms with E-state index in [0.717, 1.165) is 36.3 Å². The van der Waals surface area contributed by atoms with Gasteiger partial charge in [-0.05, 0) is 37.8 Å². The zero-order valence-electron chi connectivity index (χ0n) is 14.9. The van der Waals surface area contributed by atoms with E-state index in [4.69, 9.17) is 9.47 Å². The molecule has 1 N–H and O–H groups in total. The SMILES string of the molecule is CC1=C(C(=O)OC[C@@H]2CCCO2)[C@H](c2ccccc2C)n2ncnc2N1. The largest absolute Gasteiger partial charge is 0.459 e. The van der Waals surface area contributed by atoms with Crippen molar-refractivity contribution in [3.8, 4) is 0 Å². The minimum absolute atomic E-state index is 0.00440. The highest BCUT2D eigenvalue weighted by Gasteiger charge is 2.35. The number of esters is 1. The maximum atomic E-state index is 13.0. The van der Waals surface area contributed by atoms with Gasteiger partial charge in [0.1, 0.15) is 19.0 Å². The third-order valence-electron chi connectivity index (χ3n) is 4.92. The van der Waals surface area contributed by atoms with Crippen LogP contribution in [0, 0.1) is 6.92 Å². The highest BCUT2D eigenvalue weighted by Crippen LogP contribution is 2.36. The summed E-state index contributed by atoms with van der Waals surface area (Å²) in [5.41, 5.74) is 3.37. The number of anilines is 1. The Hall–Kier alpha value is -2.67. The standard InChI is InChI=1S/C19H22N4O3/c1-12-6-3-4-8-15(12)17-16(13(2)22-19-20-11-21-23(17)19)18(24)26-10-14-7-5-9-25-14/h3-4,6,8,11,14,17H,5,7,9-10H2,1-2H3,(H,20,21,22)/t14-,17-/m0/s1. The molecule has 1 saturated heterocycles. The van der Waals surface area contributed by atoms with Crippen LogP contribution in [-0.2, 0) is 14.3 Å². The lowest BCUT2D eigenvalue weighted by Gasteiger charge is -2.29. The third kappa shape index (κ3) is 2.99. The first-order valence-corrected chi connectivity index (χ1v) is 8.86. The summed E-state index contributed by atoms with van der Waals surface area (Å²) in [7, 11) is 0. The van der Waals surface area contributed by atoms with Gasteiger partial charge < -0.3 is 14.8 Å². The summed E-state index contributed by atoms with van der Waals surface area (Å²) in [5.74, 6) is 0.270. The first-order chi connectivity index (χ1) is 12.6. The molecule has 3 heterocycles. The van der Waals surface area contributed by atoms with Gasteiger partial charge in [-0.3, -0.25) is 0 Å². The highest BCUT2D eigenvalue weighted by atomic mass is 16.6. The highest BCUT2D eigenvalue weighted by molar-refractivity contribution is 5.92. The van der Waals surface area contributed by atoms with Crippen molar-refractivity contribution in [2.24, 2.45) is 0 Å². The molecule has 1 aromatic carbocycles. The van der Waals surface area contributed by atoms with Gasteiger partial charge in [0, 0.05) is 12.3 Å². The number of carbonyl (C=O) groups excluding carboxylic acids is 1. The molecule has 26 heavy (non-hydrogen) atoms. The summed E-state index contributed by atoms with van der Waals surface area (Å²) in [6.07, 6.45) is 3.43. The average molecular weight is 354 g/mol. The van der Waals surface area contributed by atoms with E-state index in [1.165, 1.54) is 6.33 Å². The van der Waals surface area contributed by atoms with Crippen LogP contribution in [0.15, 0.2) is 41.9 Å². The van der Waals surface area contributed by atoms with Crippen molar-refractivity contribution in [3.63, 3.8) is 0 Å². The second kappa shape index (κ2) is 6.92. The number of nitrogens with one attached hydrogen (secondary N) is 1. The molecule has 2 aromatic rings. The second-order valence-electron chi connectivity index (χ2n) is 6.68. The van der Waals surface area contributed by atoms with Gasteiger partial charge in [0.25, 0.3) is 0 Å². The van der Waals surface area contributed by atoms with Crippen LogP contribution < -0.4 is 5.32 Å². The molecule has 0 radical (unpaired) electrons. The normalized spacial score (nSPS) is 22.1. The average Bonchev–Trinajstić information content (AvgIpc) is 3.30. The number of hydrogen-bond acceptors (Lipinski definition) is 6. The van der Waals surface area contributed by atoms with Gasteiger partial charge in [-0.2, -0.15) is 10.1 Å². The van der Waals surface area contributed by atoms with Crippen molar-refractivity contribution in [2.75, 3.05) is 18.5 Å². The Labute approximate surface area is 152 Å². The number of hydrogen-bond donors (Lipinski definition) is 1. The van der Waals surface area contributed by atoms with E-state index >= 15 is 0 Å². The predicted octanol–water partition coefficient (Wildman–Crippen LogP) is 2.60. The molecule has 0 amide bonds. The van der Waals surface area contributed by atoms with Crippen LogP contribution in [0.2, 0.25) is 0 Å². The molecule has 0 saturated carbocycles. The Morgan fingerprint density at radius 2 is 2.23 bits per heavy atom. The molecule has 136 valence electrons. The summed E-state index contributed by atoms with van der Waals surface area (Å²) >= 11 is 0. The molecule has 2 atom stereocenters. The second-order valence-corrected chi connectivity index (χ2v) is 6.68. The lowest BCUT2D eigenvalue weighted by Crippen LogP contribution is -2.31. The molecule has 0 spiro atoms. The van der Waals surface area contributed by atoms with Gasteiger partial charge in [0.05, 0.1) is 11.7 Å². The minimum Gasteiger partial charge on any atom is -0.459 e. The lowest BCUT2D eigenvalue weighted by atomic mass is 9.92. The molecule has 2 aliphatic heterocycles. The lowest BCUT2D eigenvalue weighted by molar-refractivity contribution is -0.142. The Morgan fingerprint density at radius 1 is 1.38 bits per heavy atom. The van der Waals surface area contributed by atoms with Crippen LogP contribution in [0.5, 0.6) is 0 Å².